The van der Waals surface area contributed by atoms with Crippen LogP contribution in [0.3, 0.4) is 0 Å². The predicted molar refractivity (Wildman–Crippen MR) is 108 cm³/mol. The van der Waals surface area contributed by atoms with Gasteiger partial charge >= 0.3 is 0 Å². The maximum absolute atomic E-state index is 11.1. The number of allylic oxidation sites excluding steroid dienone is 1. The van der Waals surface area contributed by atoms with E-state index in [1.807, 2.05) is 18.2 Å². The van der Waals surface area contributed by atoms with Crippen molar-refractivity contribution in [2.75, 3.05) is 0 Å². The number of hydroxylamine groups is 1. The zero-order chi connectivity index (χ0) is 19.8. The number of aliphatic hydroxyl groups excluding tert-OH is 1. The van der Waals surface area contributed by atoms with Crippen molar-refractivity contribution >= 4 is 37.8 Å². The van der Waals surface area contributed by atoms with Crippen LogP contribution in [0.5, 0.6) is 11.5 Å². The topological polar surface area (TPSA) is 99.0 Å². The number of rotatable bonds is 8. The first-order valence-corrected chi connectivity index (χ1v) is 9.69. The molecular formula is C19H19Br2NO5. The molecule has 2 aromatic rings. The fourth-order valence-corrected chi connectivity index (χ4v) is 3.71. The maximum Gasteiger partial charge on any atom is 0.267 e. The molecule has 144 valence electrons. The van der Waals surface area contributed by atoms with Gasteiger partial charge in [0.05, 0.1) is 4.47 Å². The number of aromatic hydroxyl groups is 1. The highest BCUT2D eigenvalue weighted by Gasteiger charge is 2.26. The van der Waals surface area contributed by atoms with Gasteiger partial charge in [0.2, 0.25) is 0 Å². The van der Waals surface area contributed by atoms with Gasteiger partial charge in [-0.2, -0.15) is 0 Å². The molecule has 0 fully saturated rings. The second kappa shape index (κ2) is 10.5. The average Bonchev–Trinajstić information content (AvgIpc) is 2.67. The van der Waals surface area contributed by atoms with Gasteiger partial charge in [-0.3, -0.25) is 10.0 Å². The summed E-state index contributed by atoms with van der Waals surface area (Å²) >= 11 is 6.60. The fourth-order valence-electron chi connectivity index (χ4n) is 2.45. The van der Waals surface area contributed by atoms with Crippen LogP contribution in [0.25, 0.3) is 0 Å². The molecule has 0 bridgehead atoms. The van der Waals surface area contributed by atoms with Crippen LogP contribution in [-0.4, -0.2) is 27.4 Å². The number of hydrogen-bond acceptors (Lipinski definition) is 5. The van der Waals surface area contributed by atoms with Crippen LogP contribution in [0, 0.1) is 0 Å². The predicted octanol–water partition coefficient (Wildman–Crippen LogP) is 4.24. The Bertz CT molecular complexity index is 798. The SMILES string of the molecule is O=C(/C=C/CC[C@@H](Oc1ccccc1)[C@H](O)c1cc(Br)cc(Br)c1O)NO. The van der Waals surface area contributed by atoms with Crippen molar-refractivity contribution in [1.29, 1.82) is 0 Å². The van der Waals surface area contributed by atoms with Crippen molar-refractivity contribution in [2.24, 2.45) is 0 Å². The summed E-state index contributed by atoms with van der Waals surface area (Å²) in [5, 5.41) is 29.7. The van der Waals surface area contributed by atoms with E-state index in [2.05, 4.69) is 31.9 Å². The number of nitrogens with one attached hydrogen (secondary N) is 1. The summed E-state index contributed by atoms with van der Waals surface area (Å²) < 4.78 is 7.07. The lowest BCUT2D eigenvalue weighted by molar-refractivity contribution is -0.124. The standard InChI is InChI=1S/C19H19Br2NO5/c20-12-10-14(18(24)15(21)11-12)19(25)16(8-4-5-9-17(23)22-26)27-13-6-2-1-3-7-13/h1-3,5-7,9-11,16,19,24-26H,4,8H2,(H,22,23)/b9-5+/t16-,19-/m1/s1. The highest BCUT2D eigenvalue weighted by atomic mass is 79.9. The van der Waals surface area contributed by atoms with Gasteiger partial charge in [-0.05, 0) is 53.0 Å². The Hall–Kier alpha value is -1.87. The second-order valence-corrected chi connectivity index (χ2v) is 7.47. The van der Waals surface area contributed by atoms with E-state index in [0.717, 1.165) is 0 Å². The first-order valence-electron chi connectivity index (χ1n) is 8.10. The Balaban J connectivity index is 2.22. The highest BCUT2D eigenvalue weighted by Crippen LogP contribution is 2.37. The molecule has 0 aliphatic rings. The van der Waals surface area contributed by atoms with Crippen LogP contribution in [-0.2, 0) is 4.79 Å². The zero-order valence-corrected chi connectivity index (χ0v) is 17.4. The van der Waals surface area contributed by atoms with Crippen LogP contribution >= 0.6 is 31.9 Å². The number of para-hydroxylation sites is 1. The molecule has 27 heavy (non-hydrogen) atoms. The largest absolute Gasteiger partial charge is 0.506 e. The van der Waals surface area contributed by atoms with Crippen molar-refractivity contribution < 1.29 is 25.0 Å². The summed E-state index contributed by atoms with van der Waals surface area (Å²) in [4.78, 5) is 11.1. The van der Waals surface area contributed by atoms with Crippen LogP contribution in [0.15, 0.2) is 63.6 Å². The number of hydrogen-bond donors (Lipinski definition) is 4. The molecule has 0 aliphatic carbocycles. The van der Waals surface area contributed by atoms with Gasteiger partial charge in [-0.15, -0.1) is 0 Å². The number of phenols is 1. The van der Waals surface area contributed by atoms with E-state index in [9.17, 15) is 15.0 Å². The molecule has 0 spiro atoms. The second-order valence-electron chi connectivity index (χ2n) is 5.70. The lowest BCUT2D eigenvalue weighted by Crippen LogP contribution is -2.25. The third-order valence-electron chi connectivity index (χ3n) is 3.76. The van der Waals surface area contributed by atoms with Gasteiger partial charge in [-0.1, -0.05) is 40.2 Å². The van der Waals surface area contributed by atoms with Crippen molar-refractivity contribution in [3.63, 3.8) is 0 Å². The van der Waals surface area contributed by atoms with Crippen LogP contribution < -0.4 is 10.2 Å². The molecular weight excluding hydrogens is 482 g/mol. The van der Waals surface area contributed by atoms with Crippen molar-refractivity contribution in [3.8, 4) is 11.5 Å². The first-order chi connectivity index (χ1) is 12.9. The molecule has 0 saturated carbocycles. The van der Waals surface area contributed by atoms with Gasteiger partial charge in [0, 0.05) is 16.1 Å². The lowest BCUT2D eigenvalue weighted by Gasteiger charge is -2.25. The highest BCUT2D eigenvalue weighted by molar-refractivity contribution is 9.11. The summed E-state index contributed by atoms with van der Waals surface area (Å²) in [5.41, 5.74) is 1.83. The summed E-state index contributed by atoms with van der Waals surface area (Å²) in [7, 11) is 0. The molecule has 2 aromatic carbocycles. The third-order valence-corrected chi connectivity index (χ3v) is 4.82. The normalized spacial score (nSPS) is 13.3. The number of phenolic OH excluding ortho intramolecular Hbond substituents is 1. The minimum atomic E-state index is -1.11. The number of carbonyl (C=O) groups excluding carboxylic acids is 1. The number of aliphatic hydroxyl groups is 1. The zero-order valence-electron chi connectivity index (χ0n) is 14.2. The molecule has 0 aliphatic heterocycles. The van der Waals surface area contributed by atoms with Crippen molar-refractivity contribution in [3.05, 3.63) is 69.1 Å². The maximum atomic E-state index is 11.1. The van der Waals surface area contributed by atoms with Crippen LogP contribution in [0.2, 0.25) is 0 Å². The fraction of sp³-hybridized carbons (Fsp3) is 0.211. The van der Waals surface area contributed by atoms with Gasteiger partial charge < -0.3 is 14.9 Å². The Morgan fingerprint density at radius 3 is 2.59 bits per heavy atom. The van der Waals surface area contributed by atoms with E-state index in [1.54, 1.807) is 30.3 Å². The minimum Gasteiger partial charge on any atom is -0.506 e. The van der Waals surface area contributed by atoms with Gasteiger partial charge in [0.1, 0.15) is 23.7 Å². The summed E-state index contributed by atoms with van der Waals surface area (Å²) in [6.07, 6.45) is 1.75. The van der Waals surface area contributed by atoms with E-state index < -0.39 is 18.1 Å². The summed E-state index contributed by atoms with van der Waals surface area (Å²) in [6.45, 7) is 0. The third kappa shape index (κ3) is 6.35. The summed E-state index contributed by atoms with van der Waals surface area (Å²) in [5.74, 6) is -0.126. The number of ether oxygens (including phenoxy) is 1. The molecule has 2 atom stereocenters. The molecule has 1 amide bonds. The monoisotopic (exact) mass is 499 g/mol. The van der Waals surface area contributed by atoms with Crippen LogP contribution in [0.1, 0.15) is 24.5 Å². The Morgan fingerprint density at radius 2 is 1.93 bits per heavy atom. The van der Waals surface area contributed by atoms with Gasteiger partial charge in [0.15, 0.2) is 0 Å². The van der Waals surface area contributed by atoms with Gasteiger partial charge in [0.25, 0.3) is 5.91 Å². The molecule has 2 rings (SSSR count). The smallest absolute Gasteiger partial charge is 0.267 e. The quantitative estimate of drug-likeness (QED) is 0.247. The minimum absolute atomic E-state index is 0.0671. The lowest BCUT2D eigenvalue weighted by atomic mass is 9.99. The Morgan fingerprint density at radius 1 is 1.22 bits per heavy atom. The van der Waals surface area contributed by atoms with Crippen molar-refractivity contribution in [2.45, 2.75) is 25.0 Å². The van der Waals surface area contributed by atoms with E-state index in [0.29, 0.717) is 33.1 Å². The van der Waals surface area contributed by atoms with Gasteiger partial charge in [-0.25, -0.2) is 5.48 Å². The molecule has 0 saturated heterocycles. The number of amides is 1. The average molecular weight is 501 g/mol. The number of carbonyl (C=O) groups is 1. The van der Waals surface area contributed by atoms with E-state index in [1.165, 1.54) is 11.6 Å². The van der Waals surface area contributed by atoms with E-state index in [4.69, 9.17) is 9.94 Å². The molecule has 4 N–H and O–H groups in total. The number of halogens is 2. The first kappa shape index (κ1) is 21.4. The number of benzene rings is 2. The van der Waals surface area contributed by atoms with Crippen molar-refractivity contribution in [1.82, 2.24) is 5.48 Å². The summed E-state index contributed by atoms with van der Waals surface area (Å²) in [6, 6.07) is 12.3. The molecule has 8 heteroatoms. The molecule has 0 heterocycles. The molecule has 6 nitrogen and oxygen atoms in total. The molecule has 0 radical (unpaired) electrons. The Labute approximate surface area is 173 Å². The molecule has 0 aromatic heterocycles. The Kier molecular flexibility index (Phi) is 8.30. The molecule has 0 unspecified atom stereocenters. The van der Waals surface area contributed by atoms with E-state index in [-0.39, 0.29) is 5.75 Å². The van der Waals surface area contributed by atoms with Crippen LogP contribution in [0.4, 0.5) is 0 Å². The van der Waals surface area contributed by atoms with E-state index >= 15 is 0 Å².